The van der Waals surface area contributed by atoms with E-state index in [0.717, 1.165) is 6.92 Å². The number of halogens is 6. The maximum absolute atomic E-state index is 12.8. The van der Waals surface area contributed by atoms with Gasteiger partial charge < -0.3 is 5.32 Å². The van der Waals surface area contributed by atoms with Gasteiger partial charge in [-0.2, -0.15) is 26.3 Å². The Hall–Kier alpha value is -1.57. The first-order chi connectivity index (χ1) is 10.3. The average Bonchev–Trinajstić information content (AvgIpc) is 2.35. The van der Waals surface area contributed by atoms with Gasteiger partial charge in [-0.05, 0) is 30.7 Å². The van der Waals surface area contributed by atoms with E-state index in [9.17, 15) is 31.1 Å². The molecule has 1 N–H and O–H groups in total. The molecule has 23 heavy (non-hydrogen) atoms. The highest BCUT2D eigenvalue weighted by atomic mass is 19.4. The van der Waals surface area contributed by atoms with E-state index in [-0.39, 0.29) is 24.2 Å². The standard InChI is InChI=1S/C15H17F6NO/c1-8(2)22-7-13(9(3)23)10-4-11(14(16,17)18)6-12(5-10)15(19,20)21/h4-6,8,13,22H,7H2,1-3H3/t13-/m0/s1. The molecule has 8 heteroatoms. The molecule has 0 radical (unpaired) electrons. The third kappa shape index (κ3) is 5.53. The van der Waals surface area contributed by atoms with Crippen LogP contribution in [0.3, 0.4) is 0 Å². The van der Waals surface area contributed by atoms with E-state index in [1.54, 1.807) is 13.8 Å². The summed E-state index contributed by atoms with van der Waals surface area (Å²) in [6.07, 6.45) is -9.86. The quantitative estimate of drug-likeness (QED) is 0.805. The number of ketones is 1. The Morgan fingerprint density at radius 3 is 1.74 bits per heavy atom. The minimum Gasteiger partial charge on any atom is -0.313 e. The Morgan fingerprint density at radius 1 is 1.00 bits per heavy atom. The predicted molar refractivity (Wildman–Crippen MR) is 73.0 cm³/mol. The highest BCUT2D eigenvalue weighted by Gasteiger charge is 2.37. The van der Waals surface area contributed by atoms with Gasteiger partial charge in [0.1, 0.15) is 5.78 Å². The number of Topliss-reactive ketones (excluding diaryl/α,β-unsaturated/α-hetero) is 1. The zero-order valence-corrected chi connectivity index (χ0v) is 12.8. The smallest absolute Gasteiger partial charge is 0.313 e. The monoisotopic (exact) mass is 341 g/mol. The number of nitrogens with one attached hydrogen (secondary N) is 1. The third-order valence-corrected chi connectivity index (χ3v) is 3.23. The maximum Gasteiger partial charge on any atom is 0.416 e. The van der Waals surface area contributed by atoms with E-state index in [0.29, 0.717) is 12.1 Å². The van der Waals surface area contributed by atoms with E-state index < -0.39 is 35.2 Å². The number of carbonyl (C=O) groups excluding carboxylic acids is 1. The zero-order valence-electron chi connectivity index (χ0n) is 12.8. The van der Waals surface area contributed by atoms with Crippen molar-refractivity contribution >= 4 is 5.78 Å². The molecule has 0 aliphatic heterocycles. The number of benzene rings is 1. The topological polar surface area (TPSA) is 29.1 Å². The Bertz CT molecular complexity index is 530. The molecule has 0 fully saturated rings. The van der Waals surface area contributed by atoms with Gasteiger partial charge in [-0.15, -0.1) is 0 Å². The second-order valence-electron chi connectivity index (χ2n) is 5.57. The van der Waals surface area contributed by atoms with Gasteiger partial charge in [0.2, 0.25) is 0 Å². The SMILES string of the molecule is CC(=O)[C@H](CNC(C)C)c1cc(C(F)(F)F)cc(C(F)(F)F)c1. The molecule has 0 saturated heterocycles. The van der Waals surface area contributed by atoms with E-state index >= 15 is 0 Å². The second kappa shape index (κ2) is 6.90. The summed E-state index contributed by atoms with van der Waals surface area (Å²) in [5.74, 6) is -1.59. The van der Waals surface area contributed by atoms with Crippen molar-refractivity contribution in [1.29, 1.82) is 0 Å². The van der Waals surface area contributed by atoms with Gasteiger partial charge in [0.05, 0.1) is 17.0 Å². The van der Waals surface area contributed by atoms with Crippen LogP contribution >= 0.6 is 0 Å². The van der Waals surface area contributed by atoms with Crippen LogP contribution in [0.1, 0.15) is 43.4 Å². The number of carbonyl (C=O) groups is 1. The van der Waals surface area contributed by atoms with Crippen LogP contribution in [-0.4, -0.2) is 18.4 Å². The molecule has 0 spiro atoms. The summed E-state index contributed by atoms with van der Waals surface area (Å²) in [6, 6.07) is 1.19. The largest absolute Gasteiger partial charge is 0.416 e. The Labute approximate surface area is 129 Å². The molecular weight excluding hydrogens is 324 g/mol. The van der Waals surface area contributed by atoms with Gasteiger partial charge in [0, 0.05) is 12.6 Å². The first kappa shape index (κ1) is 19.5. The molecule has 0 heterocycles. The summed E-state index contributed by atoms with van der Waals surface area (Å²) < 4.78 is 77.1. The van der Waals surface area contributed by atoms with Crippen molar-refractivity contribution in [2.24, 2.45) is 0 Å². The first-order valence-electron chi connectivity index (χ1n) is 6.85. The predicted octanol–water partition coefficient (Wildman–Crippen LogP) is 4.39. The summed E-state index contributed by atoms with van der Waals surface area (Å²) in [5.41, 5.74) is -3.14. The summed E-state index contributed by atoms with van der Waals surface area (Å²) >= 11 is 0. The molecule has 2 nitrogen and oxygen atoms in total. The molecule has 0 aromatic heterocycles. The molecule has 130 valence electrons. The summed E-state index contributed by atoms with van der Waals surface area (Å²) in [5, 5.41) is 2.86. The zero-order chi connectivity index (χ0) is 18.0. The average molecular weight is 341 g/mol. The second-order valence-corrected chi connectivity index (χ2v) is 5.57. The van der Waals surface area contributed by atoms with Gasteiger partial charge in [0.15, 0.2) is 0 Å². The minimum atomic E-state index is -4.93. The number of hydrogen-bond donors (Lipinski definition) is 1. The Balaban J connectivity index is 3.39. The summed E-state index contributed by atoms with van der Waals surface area (Å²) in [4.78, 5) is 11.7. The van der Waals surface area contributed by atoms with Crippen molar-refractivity contribution in [2.45, 2.75) is 45.1 Å². The fraction of sp³-hybridized carbons (Fsp3) is 0.533. The first-order valence-corrected chi connectivity index (χ1v) is 6.85. The van der Waals surface area contributed by atoms with Crippen LogP contribution in [0.5, 0.6) is 0 Å². The van der Waals surface area contributed by atoms with Crippen molar-refractivity contribution in [3.8, 4) is 0 Å². The highest BCUT2D eigenvalue weighted by Crippen LogP contribution is 2.37. The van der Waals surface area contributed by atoms with Gasteiger partial charge in [0.25, 0.3) is 0 Å². The fourth-order valence-electron chi connectivity index (χ4n) is 2.03. The van der Waals surface area contributed by atoms with Crippen LogP contribution in [0.15, 0.2) is 18.2 Å². The van der Waals surface area contributed by atoms with Crippen molar-refractivity contribution in [2.75, 3.05) is 6.54 Å². The lowest BCUT2D eigenvalue weighted by molar-refractivity contribution is -0.143. The molecule has 1 aromatic carbocycles. The molecule has 0 saturated carbocycles. The molecule has 0 aliphatic rings. The van der Waals surface area contributed by atoms with Crippen molar-refractivity contribution < 1.29 is 31.1 Å². The molecule has 1 aromatic rings. The van der Waals surface area contributed by atoms with E-state index in [4.69, 9.17) is 0 Å². The lowest BCUT2D eigenvalue weighted by atomic mass is 9.91. The lowest BCUT2D eigenvalue weighted by Crippen LogP contribution is -2.31. The van der Waals surface area contributed by atoms with E-state index in [2.05, 4.69) is 5.32 Å². The van der Waals surface area contributed by atoms with Crippen LogP contribution in [0, 0.1) is 0 Å². The summed E-state index contributed by atoms with van der Waals surface area (Å²) in [6.45, 7) is 4.61. The van der Waals surface area contributed by atoms with Crippen LogP contribution in [-0.2, 0) is 17.1 Å². The van der Waals surface area contributed by atoms with E-state index in [1.807, 2.05) is 0 Å². The molecule has 1 atom stereocenters. The molecule has 1 rings (SSSR count). The minimum absolute atomic E-state index is 0.0361. The molecule has 0 bridgehead atoms. The fourth-order valence-corrected chi connectivity index (χ4v) is 2.03. The Kier molecular flexibility index (Phi) is 5.84. The number of rotatable bonds is 5. The third-order valence-electron chi connectivity index (χ3n) is 3.23. The van der Waals surface area contributed by atoms with Crippen molar-refractivity contribution in [3.63, 3.8) is 0 Å². The molecular formula is C15H17F6NO. The van der Waals surface area contributed by atoms with E-state index in [1.165, 1.54) is 0 Å². The van der Waals surface area contributed by atoms with Crippen LogP contribution in [0.25, 0.3) is 0 Å². The number of hydrogen-bond acceptors (Lipinski definition) is 2. The Morgan fingerprint density at radius 2 is 1.43 bits per heavy atom. The van der Waals surface area contributed by atoms with Gasteiger partial charge in [-0.1, -0.05) is 13.8 Å². The van der Waals surface area contributed by atoms with Crippen LogP contribution < -0.4 is 5.32 Å². The molecule has 0 amide bonds. The molecule has 0 unspecified atom stereocenters. The lowest BCUT2D eigenvalue weighted by Gasteiger charge is -2.20. The number of alkyl halides is 6. The van der Waals surface area contributed by atoms with Crippen LogP contribution in [0.2, 0.25) is 0 Å². The summed E-state index contributed by atoms with van der Waals surface area (Å²) in [7, 11) is 0. The van der Waals surface area contributed by atoms with Crippen molar-refractivity contribution in [1.82, 2.24) is 5.32 Å². The van der Waals surface area contributed by atoms with Crippen molar-refractivity contribution in [3.05, 3.63) is 34.9 Å². The maximum atomic E-state index is 12.8. The van der Waals surface area contributed by atoms with Gasteiger partial charge >= 0.3 is 12.4 Å². The molecule has 0 aliphatic carbocycles. The van der Waals surface area contributed by atoms with Crippen LogP contribution in [0.4, 0.5) is 26.3 Å². The highest BCUT2D eigenvalue weighted by molar-refractivity contribution is 5.83. The normalized spacial score (nSPS) is 14.2. The van der Waals surface area contributed by atoms with Gasteiger partial charge in [-0.3, -0.25) is 4.79 Å². The van der Waals surface area contributed by atoms with Gasteiger partial charge in [-0.25, -0.2) is 0 Å².